The summed E-state index contributed by atoms with van der Waals surface area (Å²) >= 11 is 1.70. The number of hydrogen-bond acceptors (Lipinski definition) is 4. The van der Waals surface area contributed by atoms with E-state index in [0.29, 0.717) is 12.6 Å². The van der Waals surface area contributed by atoms with E-state index in [1.54, 1.807) is 24.9 Å². The number of piperazine rings is 1. The SMILES string of the molecule is CCN1CCN(C(C)CNC(=NC)NCc2ccc(F)cc2CSC)CC1.I. The van der Waals surface area contributed by atoms with Crippen molar-refractivity contribution in [3.8, 4) is 0 Å². The highest BCUT2D eigenvalue weighted by Crippen LogP contribution is 2.16. The summed E-state index contributed by atoms with van der Waals surface area (Å²) in [4.78, 5) is 9.35. The van der Waals surface area contributed by atoms with E-state index in [1.165, 1.54) is 6.07 Å². The van der Waals surface area contributed by atoms with Gasteiger partial charge in [0.15, 0.2) is 5.96 Å². The molecule has 1 aromatic rings. The highest BCUT2D eigenvalue weighted by atomic mass is 127. The van der Waals surface area contributed by atoms with E-state index in [4.69, 9.17) is 0 Å². The smallest absolute Gasteiger partial charge is 0.191 e. The van der Waals surface area contributed by atoms with Crippen LogP contribution in [-0.4, -0.2) is 74.4 Å². The fraction of sp³-hybridized carbons (Fsp3) is 0.650. The third-order valence-corrected chi connectivity index (χ3v) is 5.78. The van der Waals surface area contributed by atoms with Gasteiger partial charge in [0.1, 0.15) is 5.82 Å². The van der Waals surface area contributed by atoms with Crippen molar-refractivity contribution in [2.75, 3.05) is 52.6 Å². The maximum Gasteiger partial charge on any atom is 0.191 e. The van der Waals surface area contributed by atoms with Crippen molar-refractivity contribution in [2.24, 2.45) is 4.99 Å². The summed E-state index contributed by atoms with van der Waals surface area (Å²) in [6, 6.07) is 5.47. The third kappa shape index (κ3) is 8.04. The maximum absolute atomic E-state index is 13.5. The molecule has 5 nitrogen and oxygen atoms in total. The average molecular weight is 524 g/mol. The number of likely N-dealkylation sites (N-methyl/N-ethyl adjacent to an activating group) is 1. The molecule has 0 spiro atoms. The molecule has 1 fully saturated rings. The Morgan fingerprint density at radius 1 is 1.21 bits per heavy atom. The molecule has 2 N–H and O–H groups in total. The number of rotatable bonds is 8. The second-order valence-corrected chi connectivity index (χ2v) is 7.84. The quantitative estimate of drug-likeness (QED) is 0.312. The van der Waals surface area contributed by atoms with E-state index in [2.05, 4.69) is 39.3 Å². The number of nitrogens with one attached hydrogen (secondary N) is 2. The van der Waals surface area contributed by atoms with Crippen molar-refractivity contribution >= 4 is 41.7 Å². The summed E-state index contributed by atoms with van der Waals surface area (Å²) in [7, 11) is 1.79. The number of hydrogen-bond donors (Lipinski definition) is 2. The van der Waals surface area contributed by atoms with E-state index in [9.17, 15) is 4.39 Å². The standard InChI is InChI=1S/C20H34FN5S.HI/c1-5-25-8-10-26(11-9-25)16(2)13-23-20(22-3)24-14-17-6-7-19(21)12-18(17)15-27-4;/h6-7,12,16H,5,8-11,13-15H2,1-4H3,(H2,22,23,24);1H. The van der Waals surface area contributed by atoms with Crippen LogP contribution in [0.25, 0.3) is 0 Å². The summed E-state index contributed by atoms with van der Waals surface area (Å²) in [6.45, 7) is 11.7. The van der Waals surface area contributed by atoms with Gasteiger partial charge < -0.3 is 15.5 Å². The van der Waals surface area contributed by atoms with Crippen LogP contribution in [0.5, 0.6) is 0 Å². The molecule has 0 aliphatic carbocycles. The number of halogens is 2. The Labute approximate surface area is 190 Å². The molecule has 0 amide bonds. The lowest BCUT2D eigenvalue weighted by atomic mass is 10.1. The topological polar surface area (TPSA) is 42.9 Å². The molecular formula is C20H35FIN5S. The number of nitrogens with zero attached hydrogens (tertiary/aromatic N) is 3. The van der Waals surface area contributed by atoms with Gasteiger partial charge in [0, 0.05) is 58.1 Å². The van der Waals surface area contributed by atoms with Crippen LogP contribution < -0.4 is 10.6 Å². The van der Waals surface area contributed by atoms with Crippen LogP contribution >= 0.6 is 35.7 Å². The lowest BCUT2D eigenvalue weighted by Gasteiger charge is -2.37. The number of guanidine groups is 1. The normalized spacial score (nSPS) is 17.1. The van der Waals surface area contributed by atoms with Crippen molar-refractivity contribution in [1.29, 1.82) is 0 Å². The van der Waals surface area contributed by atoms with Gasteiger partial charge in [-0.25, -0.2) is 4.39 Å². The number of aliphatic imine (C=N–C) groups is 1. The molecule has 160 valence electrons. The Balaban J connectivity index is 0.00000392. The van der Waals surface area contributed by atoms with E-state index < -0.39 is 0 Å². The molecule has 0 aromatic heterocycles. The van der Waals surface area contributed by atoms with Crippen LogP contribution in [0.15, 0.2) is 23.2 Å². The zero-order valence-corrected chi connectivity index (χ0v) is 20.6. The van der Waals surface area contributed by atoms with Gasteiger partial charge in [0.25, 0.3) is 0 Å². The summed E-state index contributed by atoms with van der Waals surface area (Å²) in [5.74, 6) is 1.41. The van der Waals surface area contributed by atoms with Gasteiger partial charge in [-0.05, 0) is 43.0 Å². The summed E-state index contributed by atoms with van der Waals surface area (Å²) < 4.78 is 13.5. The molecule has 1 aromatic carbocycles. The van der Waals surface area contributed by atoms with Gasteiger partial charge in [0.2, 0.25) is 0 Å². The lowest BCUT2D eigenvalue weighted by Crippen LogP contribution is -2.53. The van der Waals surface area contributed by atoms with Crippen LogP contribution in [0.1, 0.15) is 25.0 Å². The molecule has 8 heteroatoms. The van der Waals surface area contributed by atoms with Crippen molar-refractivity contribution in [3.63, 3.8) is 0 Å². The van der Waals surface area contributed by atoms with Crippen LogP contribution in [0.3, 0.4) is 0 Å². The second kappa shape index (κ2) is 13.6. The van der Waals surface area contributed by atoms with E-state index in [0.717, 1.165) is 62.1 Å². The second-order valence-electron chi connectivity index (χ2n) is 6.97. The minimum atomic E-state index is -0.178. The van der Waals surface area contributed by atoms with Gasteiger partial charge in [-0.2, -0.15) is 11.8 Å². The molecule has 1 saturated heterocycles. The van der Waals surface area contributed by atoms with Crippen molar-refractivity contribution in [3.05, 3.63) is 35.1 Å². The molecule has 0 bridgehead atoms. The molecule has 0 radical (unpaired) electrons. The molecular weight excluding hydrogens is 488 g/mol. The summed E-state index contributed by atoms with van der Waals surface area (Å²) in [6.07, 6.45) is 2.03. The zero-order chi connectivity index (χ0) is 19.6. The van der Waals surface area contributed by atoms with Crippen LogP contribution in [0, 0.1) is 5.82 Å². The first-order valence-corrected chi connectivity index (χ1v) is 11.1. The van der Waals surface area contributed by atoms with E-state index >= 15 is 0 Å². The highest BCUT2D eigenvalue weighted by molar-refractivity contribution is 14.0. The van der Waals surface area contributed by atoms with Gasteiger partial charge >= 0.3 is 0 Å². The fourth-order valence-corrected chi connectivity index (χ4v) is 3.93. The van der Waals surface area contributed by atoms with Crippen molar-refractivity contribution in [1.82, 2.24) is 20.4 Å². The third-order valence-electron chi connectivity index (χ3n) is 5.18. The molecule has 1 aliphatic heterocycles. The number of benzene rings is 1. The lowest BCUT2D eigenvalue weighted by molar-refractivity contribution is 0.107. The first-order chi connectivity index (χ1) is 13.1. The molecule has 2 rings (SSSR count). The molecule has 1 aliphatic rings. The highest BCUT2D eigenvalue weighted by Gasteiger charge is 2.20. The average Bonchev–Trinajstić information content (AvgIpc) is 2.69. The minimum Gasteiger partial charge on any atom is -0.355 e. The van der Waals surface area contributed by atoms with Gasteiger partial charge in [-0.3, -0.25) is 9.89 Å². The van der Waals surface area contributed by atoms with Crippen molar-refractivity contribution in [2.45, 2.75) is 32.2 Å². The van der Waals surface area contributed by atoms with Gasteiger partial charge in [0.05, 0.1) is 0 Å². The predicted molar refractivity (Wildman–Crippen MR) is 130 cm³/mol. The number of thioether (sulfide) groups is 1. The zero-order valence-electron chi connectivity index (χ0n) is 17.5. The van der Waals surface area contributed by atoms with E-state index in [1.807, 2.05) is 12.3 Å². The molecule has 28 heavy (non-hydrogen) atoms. The maximum atomic E-state index is 13.5. The Kier molecular flexibility index (Phi) is 12.4. The van der Waals surface area contributed by atoms with Crippen LogP contribution in [-0.2, 0) is 12.3 Å². The van der Waals surface area contributed by atoms with E-state index in [-0.39, 0.29) is 29.8 Å². The first-order valence-electron chi connectivity index (χ1n) is 9.74. The molecule has 1 heterocycles. The first kappa shape index (κ1) is 25.5. The molecule has 0 saturated carbocycles. The summed E-state index contributed by atoms with van der Waals surface area (Å²) in [5, 5.41) is 6.79. The minimum absolute atomic E-state index is 0. The Morgan fingerprint density at radius 3 is 2.54 bits per heavy atom. The fourth-order valence-electron chi connectivity index (χ4n) is 3.35. The Morgan fingerprint density at radius 2 is 1.93 bits per heavy atom. The van der Waals surface area contributed by atoms with Gasteiger partial charge in [-0.15, -0.1) is 24.0 Å². The Hall–Kier alpha value is -0.580. The van der Waals surface area contributed by atoms with Gasteiger partial charge in [-0.1, -0.05) is 13.0 Å². The largest absolute Gasteiger partial charge is 0.355 e. The summed E-state index contributed by atoms with van der Waals surface area (Å²) in [5.41, 5.74) is 2.14. The van der Waals surface area contributed by atoms with Crippen LogP contribution in [0.4, 0.5) is 4.39 Å². The monoisotopic (exact) mass is 523 g/mol. The molecule has 1 unspecified atom stereocenters. The molecule has 1 atom stereocenters. The van der Waals surface area contributed by atoms with Crippen LogP contribution in [0.2, 0.25) is 0 Å². The van der Waals surface area contributed by atoms with Crippen molar-refractivity contribution < 1.29 is 4.39 Å². The Bertz CT molecular complexity index is 608. The predicted octanol–water partition coefficient (Wildman–Crippen LogP) is 3.00.